The highest BCUT2D eigenvalue weighted by Gasteiger charge is 2.33. The second-order valence-corrected chi connectivity index (χ2v) is 8.16. The number of hydrogen-bond acceptors (Lipinski definition) is 2. The molecule has 0 bridgehead atoms. The van der Waals surface area contributed by atoms with E-state index in [1.165, 1.54) is 18.2 Å². The Morgan fingerprint density at radius 3 is 1.97 bits per heavy atom. The number of anilines is 1. The van der Waals surface area contributed by atoms with Gasteiger partial charge in [-0.15, -0.1) is 0 Å². The topological polar surface area (TPSA) is 23.6 Å². The standard InChI is InChI=1S/C22H21ClF6N2O/c1-14(15-2-4-16(5-3-15)21(24,25)26)12-20(32)31-10-8-30(9-11-31)19-13-17(22(27,28)29)6-7-18(19)23/h2-7,13-14H,8-12H2,1H3. The van der Waals surface area contributed by atoms with Gasteiger partial charge in [-0.25, -0.2) is 0 Å². The molecule has 1 fully saturated rings. The molecule has 1 aliphatic heterocycles. The first-order chi connectivity index (χ1) is 14.9. The average Bonchev–Trinajstić information content (AvgIpc) is 2.73. The number of carbonyl (C=O) groups is 1. The largest absolute Gasteiger partial charge is 0.416 e. The molecule has 0 N–H and O–H groups in total. The molecular formula is C22H21ClF6N2O. The number of nitrogens with zero attached hydrogens (tertiary/aromatic N) is 2. The van der Waals surface area contributed by atoms with Crippen molar-refractivity contribution in [1.29, 1.82) is 0 Å². The number of piperazine rings is 1. The Labute approximate surface area is 186 Å². The van der Waals surface area contributed by atoms with Crippen LogP contribution in [0.15, 0.2) is 42.5 Å². The molecule has 0 radical (unpaired) electrons. The van der Waals surface area contributed by atoms with Crippen LogP contribution in [-0.2, 0) is 17.1 Å². The summed E-state index contributed by atoms with van der Waals surface area (Å²) < 4.78 is 77.1. The van der Waals surface area contributed by atoms with Crippen molar-refractivity contribution in [3.8, 4) is 0 Å². The third-order valence-electron chi connectivity index (χ3n) is 5.53. The molecular weight excluding hydrogens is 458 g/mol. The second-order valence-electron chi connectivity index (χ2n) is 7.76. The van der Waals surface area contributed by atoms with Crippen LogP contribution in [0.5, 0.6) is 0 Å². The minimum atomic E-state index is -4.48. The number of hydrogen-bond donors (Lipinski definition) is 0. The fraction of sp³-hybridized carbons (Fsp3) is 0.409. The minimum Gasteiger partial charge on any atom is -0.367 e. The summed E-state index contributed by atoms with van der Waals surface area (Å²) in [7, 11) is 0. The van der Waals surface area contributed by atoms with Crippen LogP contribution in [0.2, 0.25) is 5.02 Å². The number of halogens is 7. The number of rotatable bonds is 4. The summed E-state index contributed by atoms with van der Waals surface area (Å²) in [6.45, 7) is 3.03. The van der Waals surface area contributed by atoms with Gasteiger partial charge in [0.15, 0.2) is 0 Å². The first-order valence-corrected chi connectivity index (χ1v) is 10.3. The molecule has 1 aliphatic rings. The third kappa shape index (κ3) is 5.68. The molecule has 3 nitrogen and oxygen atoms in total. The van der Waals surface area contributed by atoms with Crippen molar-refractivity contribution in [3.63, 3.8) is 0 Å². The van der Waals surface area contributed by atoms with E-state index in [0.29, 0.717) is 31.7 Å². The fourth-order valence-corrected chi connectivity index (χ4v) is 3.87. The lowest BCUT2D eigenvalue weighted by Gasteiger charge is -2.37. The summed E-state index contributed by atoms with van der Waals surface area (Å²) in [6.07, 6.45) is -8.78. The highest BCUT2D eigenvalue weighted by molar-refractivity contribution is 6.33. The van der Waals surface area contributed by atoms with Crippen LogP contribution < -0.4 is 4.90 Å². The molecule has 1 amide bonds. The third-order valence-corrected chi connectivity index (χ3v) is 5.85. The Balaban J connectivity index is 1.59. The Morgan fingerprint density at radius 2 is 1.44 bits per heavy atom. The maximum atomic E-state index is 13.0. The van der Waals surface area contributed by atoms with Gasteiger partial charge in [-0.1, -0.05) is 30.7 Å². The van der Waals surface area contributed by atoms with Crippen molar-refractivity contribution in [2.45, 2.75) is 31.6 Å². The number of carbonyl (C=O) groups excluding carboxylic acids is 1. The van der Waals surface area contributed by atoms with E-state index in [4.69, 9.17) is 11.6 Å². The van der Waals surface area contributed by atoms with Gasteiger partial charge >= 0.3 is 12.4 Å². The lowest BCUT2D eigenvalue weighted by molar-refractivity contribution is -0.138. The zero-order valence-corrected chi connectivity index (χ0v) is 17.9. The van der Waals surface area contributed by atoms with Crippen molar-refractivity contribution in [3.05, 3.63) is 64.2 Å². The molecule has 1 unspecified atom stereocenters. The summed E-state index contributed by atoms with van der Waals surface area (Å²) in [5.74, 6) is -0.437. The molecule has 0 aromatic heterocycles. The fourth-order valence-electron chi connectivity index (χ4n) is 3.64. The summed E-state index contributed by atoms with van der Waals surface area (Å²) >= 11 is 6.09. The van der Waals surface area contributed by atoms with Crippen LogP contribution in [0.25, 0.3) is 0 Å². The van der Waals surface area contributed by atoms with Crippen molar-refractivity contribution in [2.75, 3.05) is 31.1 Å². The molecule has 1 atom stereocenters. The van der Waals surface area contributed by atoms with Crippen molar-refractivity contribution >= 4 is 23.2 Å². The SMILES string of the molecule is CC(CC(=O)N1CCN(c2cc(C(F)(F)F)ccc2Cl)CC1)c1ccc(C(F)(F)F)cc1. The Morgan fingerprint density at radius 1 is 0.906 bits per heavy atom. The van der Waals surface area contributed by atoms with Crippen molar-refractivity contribution in [1.82, 2.24) is 4.90 Å². The van der Waals surface area contributed by atoms with Gasteiger partial charge in [0.25, 0.3) is 0 Å². The number of alkyl halides is 6. The highest BCUT2D eigenvalue weighted by Crippen LogP contribution is 2.36. The van der Waals surface area contributed by atoms with Gasteiger partial charge in [0, 0.05) is 32.6 Å². The Hall–Kier alpha value is -2.42. The monoisotopic (exact) mass is 478 g/mol. The lowest BCUT2D eigenvalue weighted by atomic mass is 9.96. The maximum absolute atomic E-state index is 13.0. The molecule has 174 valence electrons. The van der Waals surface area contributed by atoms with E-state index in [9.17, 15) is 31.1 Å². The predicted octanol–water partition coefficient (Wildman–Crippen LogP) is 6.22. The number of amides is 1. The van der Waals surface area contributed by atoms with Crippen LogP contribution in [0, 0.1) is 0 Å². The molecule has 2 aromatic rings. The van der Waals surface area contributed by atoms with Crippen LogP contribution in [-0.4, -0.2) is 37.0 Å². The lowest BCUT2D eigenvalue weighted by Crippen LogP contribution is -2.49. The minimum absolute atomic E-state index is 0.121. The van der Waals surface area contributed by atoms with Crippen LogP contribution >= 0.6 is 11.6 Å². The average molecular weight is 479 g/mol. The van der Waals surface area contributed by atoms with E-state index in [-0.39, 0.29) is 29.0 Å². The smallest absolute Gasteiger partial charge is 0.367 e. The van der Waals surface area contributed by atoms with Crippen LogP contribution in [0.4, 0.5) is 32.0 Å². The van der Waals surface area contributed by atoms with Gasteiger partial charge in [0.2, 0.25) is 5.91 Å². The zero-order valence-electron chi connectivity index (χ0n) is 17.1. The molecule has 2 aromatic carbocycles. The summed E-state index contributed by atoms with van der Waals surface area (Å²) in [5.41, 5.74) is -0.641. The zero-order chi connectivity index (χ0) is 23.7. The van der Waals surface area contributed by atoms with E-state index in [1.807, 2.05) is 0 Å². The first kappa shape index (κ1) is 24.2. The Bertz CT molecular complexity index is 950. The van der Waals surface area contributed by atoms with Gasteiger partial charge in [0.05, 0.1) is 21.8 Å². The van der Waals surface area contributed by atoms with E-state index in [0.717, 1.165) is 24.3 Å². The van der Waals surface area contributed by atoms with Gasteiger partial charge in [-0.2, -0.15) is 26.3 Å². The second kappa shape index (κ2) is 9.21. The quantitative estimate of drug-likeness (QED) is 0.487. The molecule has 3 rings (SSSR count). The van der Waals surface area contributed by atoms with E-state index in [2.05, 4.69) is 0 Å². The first-order valence-electron chi connectivity index (χ1n) is 9.93. The van der Waals surface area contributed by atoms with E-state index >= 15 is 0 Å². The molecule has 0 saturated carbocycles. The van der Waals surface area contributed by atoms with Gasteiger partial charge in [-0.05, 0) is 41.8 Å². The normalized spacial score (nSPS) is 16.2. The van der Waals surface area contributed by atoms with Gasteiger partial charge in [0.1, 0.15) is 0 Å². The molecule has 1 saturated heterocycles. The van der Waals surface area contributed by atoms with Crippen molar-refractivity contribution in [2.24, 2.45) is 0 Å². The highest BCUT2D eigenvalue weighted by atomic mass is 35.5. The summed E-state index contributed by atoms with van der Waals surface area (Å²) in [4.78, 5) is 16.0. The van der Waals surface area contributed by atoms with E-state index in [1.54, 1.807) is 16.7 Å². The summed E-state index contributed by atoms with van der Waals surface area (Å²) in [5, 5.41) is 0.203. The van der Waals surface area contributed by atoms with Crippen LogP contribution in [0.1, 0.15) is 36.0 Å². The summed E-state index contributed by atoms with van der Waals surface area (Å²) in [6, 6.07) is 7.87. The molecule has 0 aliphatic carbocycles. The number of benzene rings is 2. The van der Waals surface area contributed by atoms with Crippen molar-refractivity contribution < 1.29 is 31.1 Å². The van der Waals surface area contributed by atoms with Crippen LogP contribution in [0.3, 0.4) is 0 Å². The van der Waals surface area contributed by atoms with Gasteiger partial charge in [-0.3, -0.25) is 4.79 Å². The van der Waals surface area contributed by atoms with Gasteiger partial charge < -0.3 is 9.80 Å². The molecule has 1 heterocycles. The molecule has 10 heteroatoms. The maximum Gasteiger partial charge on any atom is 0.416 e. The van der Waals surface area contributed by atoms with E-state index < -0.39 is 23.5 Å². The Kier molecular flexibility index (Phi) is 6.97. The molecule has 32 heavy (non-hydrogen) atoms. The predicted molar refractivity (Wildman–Crippen MR) is 110 cm³/mol. The molecule has 0 spiro atoms.